The standard InChI is InChI=1S/C24H29N7.HI/c1-4-25-24(26-13-12-21-17-30-14-8-7-11-23(30)28-21)27-16-20-9-5-6-10-22(20)31-19(3)15-18(2)29-31;/h5-11,14-15,17H,4,12-13,16H2,1-3H3,(H2,25,26,27);1H. The Morgan fingerprint density at radius 2 is 1.88 bits per heavy atom. The zero-order valence-electron chi connectivity index (χ0n) is 18.7. The van der Waals surface area contributed by atoms with Crippen LogP contribution < -0.4 is 10.6 Å². The Morgan fingerprint density at radius 3 is 2.62 bits per heavy atom. The molecule has 0 saturated heterocycles. The Morgan fingerprint density at radius 1 is 1.06 bits per heavy atom. The Bertz CT molecular complexity index is 1160. The minimum atomic E-state index is 0. The fourth-order valence-corrected chi connectivity index (χ4v) is 3.65. The molecule has 1 aromatic carbocycles. The Kier molecular flexibility index (Phi) is 8.26. The summed E-state index contributed by atoms with van der Waals surface area (Å²) in [6, 6.07) is 16.4. The quantitative estimate of drug-likeness (QED) is 0.210. The molecule has 0 unspecified atom stereocenters. The molecule has 3 aromatic heterocycles. The average Bonchev–Trinajstić information content (AvgIpc) is 3.34. The Hall–Kier alpha value is -2.88. The second-order valence-electron chi connectivity index (χ2n) is 7.54. The number of pyridine rings is 1. The molecule has 0 aliphatic carbocycles. The third-order valence-corrected chi connectivity index (χ3v) is 5.07. The minimum absolute atomic E-state index is 0. The molecule has 0 aliphatic heterocycles. The van der Waals surface area contributed by atoms with E-state index in [0.29, 0.717) is 6.54 Å². The summed E-state index contributed by atoms with van der Waals surface area (Å²) in [6.07, 6.45) is 4.92. The predicted octanol–water partition coefficient (Wildman–Crippen LogP) is 4.05. The van der Waals surface area contributed by atoms with Gasteiger partial charge in [-0.05, 0) is 50.6 Å². The molecular formula is C24H30IN7. The summed E-state index contributed by atoms with van der Waals surface area (Å²) in [7, 11) is 0. The number of aryl methyl sites for hydroxylation is 2. The van der Waals surface area contributed by atoms with Crippen LogP contribution in [0, 0.1) is 13.8 Å². The van der Waals surface area contributed by atoms with Gasteiger partial charge in [-0.1, -0.05) is 24.3 Å². The van der Waals surface area contributed by atoms with Gasteiger partial charge in [0.05, 0.1) is 23.6 Å². The van der Waals surface area contributed by atoms with Gasteiger partial charge in [0.25, 0.3) is 0 Å². The Labute approximate surface area is 206 Å². The van der Waals surface area contributed by atoms with Gasteiger partial charge in [-0.3, -0.25) is 0 Å². The third kappa shape index (κ3) is 5.67. The normalized spacial score (nSPS) is 11.4. The maximum absolute atomic E-state index is 4.81. The molecule has 0 aliphatic rings. The van der Waals surface area contributed by atoms with E-state index >= 15 is 0 Å². The fraction of sp³-hybridized carbons (Fsp3) is 0.292. The number of benzene rings is 1. The van der Waals surface area contributed by atoms with Gasteiger partial charge >= 0.3 is 0 Å². The van der Waals surface area contributed by atoms with E-state index in [-0.39, 0.29) is 24.0 Å². The number of hydrogen-bond donors (Lipinski definition) is 2. The summed E-state index contributed by atoms with van der Waals surface area (Å²) in [6.45, 7) is 8.29. The zero-order chi connectivity index (χ0) is 21.6. The molecule has 4 rings (SSSR count). The van der Waals surface area contributed by atoms with E-state index in [1.165, 1.54) is 0 Å². The third-order valence-electron chi connectivity index (χ3n) is 5.07. The molecular weight excluding hydrogens is 513 g/mol. The van der Waals surface area contributed by atoms with Crippen LogP contribution in [0.3, 0.4) is 0 Å². The summed E-state index contributed by atoms with van der Waals surface area (Å²) in [5.74, 6) is 0.800. The number of aromatic nitrogens is 4. The number of imidazole rings is 1. The van der Waals surface area contributed by atoms with Crippen molar-refractivity contribution < 1.29 is 0 Å². The van der Waals surface area contributed by atoms with Gasteiger partial charge in [0, 0.05) is 37.6 Å². The van der Waals surface area contributed by atoms with Gasteiger partial charge < -0.3 is 15.0 Å². The maximum Gasteiger partial charge on any atom is 0.191 e. The van der Waals surface area contributed by atoms with Crippen molar-refractivity contribution in [1.29, 1.82) is 0 Å². The van der Waals surface area contributed by atoms with E-state index in [0.717, 1.165) is 59.4 Å². The summed E-state index contributed by atoms with van der Waals surface area (Å²) in [5, 5.41) is 11.4. The van der Waals surface area contributed by atoms with E-state index in [9.17, 15) is 0 Å². The van der Waals surface area contributed by atoms with Crippen molar-refractivity contribution in [2.75, 3.05) is 13.1 Å². The van der Waals surface area contributed by atoms with E-state index in [1.807, 2.05) is 52.5 Å². The summed E-state index contributed by atoms with van der Waals surface area (Å²) in [4.78, 5) is 9.47. The SMILES string of the molecule is CCNC(=NCc1ccccc1-n1nc(C)cc1C)NCCc1cn2ccccc2n1.I. The number of para-hydroxylation sites is 1. The molecule has 0 atom stereocenters. The molecule has 7 nitrogen and oxygen atoms in total. The van der Waals surface area contributed by atoms with Crippen LogP contribution in [0.1, 0.15) is 29.6 Å². The highest BCUT2D eigenvalue weighted by atomic mass is 127. The first kappa shape index (κ1) is 23.8. The Balaban J connectivity index is 0.00000289. The van der Waals surface area contributed by atoms with Crippen LogP contribution in [0.25, 0.3) is 11.3 Å². The van der Waals surface area contributed by atoms with Gasteiger partial charge in [0.2, 0.25) is 0 Å². The van der Waals surface area contributed by atoms with Gasteiger partial charge in [0.1, 0.15) is 5.65 Å². The topological polar surface area (TPSA) is 71.5 Å². The van der Waals surface area contributed by atoms with Crippen LogP contribution in [0.4, 0.5) is 0 Å². The first-order valence-electron chi connectivity index (χ1n) is 10.7. The van der Waals surface area contributed by atoms with Gasteiger partial charge in [-0.2, -0.15) is 5.10 Å². The van der Waals surface area contributed by atoms with Crippen molar-refractivity contribution in [1.82, 2.24) is 29.8 Å². The monoisotopic (exact) mass is 543 g/mol. The molecule has 0 amide bonds. The second-order valence-corrected chi connectivity index (χ2v) is 7.54. The molecule has 4 aromatic rings. The lowest BCUT2D eigenvalue weighted by Gasteiger charge is -2.13. The minimum Gasteiger partial charge on any atom is -0.357 e. The van der Waals surface area contributed by atoms with Gasteiger partial charge in [-0.15, -0.1) is 24.0 Å². The number of fused-ring (bicyclic) bond motifs is 1. The van der Waals surface area contributed by atoms with Crippen LogP contribution >= 0.6 is 24.0 Å². The van der Waals surface area contributed by atoms with Gasteiger partial charge in [0.15, 0.2) is 5.96 Å². The molecule has 32 heavy (non-hydrogen) atoms. The number of aliphatic imine (C=N–C) groups is 1. The van der Waals surface area contributed by atoms with E-state index in [4.69, 9.17) is 4.99 Å². The lowest BCUT2D eigenvalue weighted by molar-refractivity contribution is 0.785. The van der Waals surface area contributed by atoms with Crippen molar-refractivity contribution in [3.63, 3.8) is 0 Å². The van der Waals surface area contributed by atoms with Crippen LogP contribution in [-0.2, 0) is 13.0 Å². The van der Waals surface area contributed by atoms with Crippen LogP contribution in [0.15, 0.2) is 65.9 Å². The number of nitrogens with zero attached hydrogens (tertiary/aromatic N) is 5. The highest BCUT2D eigenvalue weighted by Gasteiger charge is 2.09. The van der Waals surface area contributed by atoms with Crippen molar-refractivity contribution in [2.45, 2.75) is 33.7 Å². The van der Waals surface area contributed by atoms with Crippen LogP contribution in [0.2, 0.25) is 0 Å². The number of hydrogen-bond acceptors (Lipinski definition) is 3. The summed E-state index contributed by atoms with van der Waals surface area (Å²) in [5.41, 5.74) is 6.36. The second kappa shape index (κ2) is 11.1. The van der Waals surface area contributed by atoms with E-state index < -0.39 is 0 Å². The zero-order valence-corrected chi connectivity index (χ0v) is 21.1. The summed E-state index contributed by atoms with van der Waals surface area (Å²) < 4.78 is 4.04. The molecule has 0 bridgehead atoms. The van der Waals surface area contributed by atoms with E-state index in [2.05, 4.69) is 59.0 Å². The molecule has 168 valence electrons. The maximum atomic E-state index is 4.81. The lowest BCUT2D eigenvalue weighted by Crippen LogP contribution is -2.38. The molecule has 0 saturated carbocycles. The van der Waals surface area contributed by atoms with E-state index in [1.54, 1.807) is 0 Å². The summed E-state index contributed by atoms with van der Waals surface area (Å²) >= 11 is 0. The van der Waals surface area contributed by atoms with Crippen LogP contribution in [0.5, 0.6) is 0 Å². The predicted molar refractivity (Wildman–Crippen MR) is 140 cm³/mol. The molecule has 0 spiro atoms. The van der Waals surface area contributed by atoms with Gasteiger partial charge in [-0.25, -0.2) is 14.7 Å². The molecule has 0 fully saturated rings. The highest BCUT2D eigenvalue weighted by Crippen LogP contribution is 2.17. The molecule has 2 N–H and O–H groups in total. The van der Waals surface area contributed by atoms with Crippen molar-refractivity contribution in [3.8, 4) is 5.69 Å². The number of halogens is 1. The largest absolute Gasteiger partial charge is 0.357 e. The fourth-order valence-electron chi connectivity index (χ4n) is 3.65. The van der Waals surface area contributed by atoms with Crippen molar-refractivity contribution in [2.24, 2.45) is 4.99 Å². The molecule has 0 radical (unpaired) electrons. The number of nitrogens with one attached hydrogen (secondary N) is 2. The first-order chi connectivity index (χ1) is 15.1. The van der Waals surface area contributed by atoms with Crippen molar-refractivity contribution in [3.05, 3.63) is 83.6 Å². The smallest absolute Gasteiger partial charge is 0.191 e. The molecule has 8 heteroatoms. The number of guanidine groups is 1. The van der Waals surface area contributed by atoms with Crippen molar-refractivity contribution >= 4 is 35.6 Å². The average molecular weight is 543 g/mol. The lowest BCUT2D eigenvalue weighted by atomic mass is 10.2. The highest BCUT2D eigenvalue weighted by molar-refractivity contribution is 14.0. The first-order valence-corrected chi connectivity index (χ1v) is 10.7. The molecule has 3 heterocycles. The van der Waals surface area contributed by atoms with Crippen LogP contribution in [-0.4, -0.2) is 38.2 Å². The number of rotatable bonds is 7.